The molecule has 0 fully saturated rings. The van der Waals surface area contributed by atoms with E-state index in [4.69, 9.17) is 9.47 Å². The Morgan fingerprint density at radius 1 is 1.33 bits per heavy atom. The summed E-state index contributed by atoms with van der Waals surface area (Å²) in [4.78, 5) is 8.09. The van der Waals surface area contributed by atoms with Crippen LogP contribution in [-0.4, -0.2) is 22.2 Å². The molecule has 0 saturated heterocycles. The van der Waals surface area contributed by atoms with Crippen molar-refractivity contribution >= 4 is 15.9 Å². The number of benzene rings is 1. The molecule has 1 aromatic heterocycles. The van der Waals surface area contributed by atoms with Crippen LogP contribution in [0.5, 0.6) is 17.6 Å². The SMILES string of the molecule is COc1nc(Oc2ccccc2CO)ncc1Br. The standard InChI is InChI=1S/C12H11BrN2O3/c1-17-11-9(13)6-14-12(15-11)18-10-5-3-2-4-8(10)7-16/h2-6,16H,7H2,1H3. The zero-order valence-electron chi connectivity index (χ0n) is 9.63. The Morgan fingerprint density at radius 3 is 2.83 bits per heavy atom. The van der Waals surface area contributed by atoms with Crippen molar-refractivity contribution in [3.8, 4) is 17.6 Å². The van der Waals surface area contributed by atoms with Gasteiger partial charge in [-0.15, -0.1) is 0 Å². The molecule has 94 valence electrons. The van der Waals surface area contributed by atoms with Gasteiger partial charge in [0, 0.05) is 5.56 Å². The molecule has 0 aliphatic rings. The first kappa shape index (κ1) is 12.8. The van der Waals surface area contributed by atoms with E-state index in [1.807, 2.05) is 12.1 Å². The second-order valence-corrected chi connectivity index (χ2v) is 4.23. The lowest BCUT2D eigenvalue weighted by Crippen LogP contribution is -1.97. The van der Waals surface area contributed by atoms with Crippen molar-refractivity contribution in [2.75, 3.05) is 7.11 Å². The van der Waals surface area contributed by atoms with Crippen LogP contribution in [0.15, 0.2) is 34.9 Å². The van der Waals surface area contributed by atoms with E-state index in [9.17, 15) is 5.11 Å². The number of hydrogen-bond acceptors (Lipinski definition) is 5. The number of methoxy groups -OCH3 is 1. The molecule has 6 heteroatoms. The predicted molar refractivity (Wildman–Crippen MR) is 68.7 cm³/mol. The molecule has 0 saturated carbocycles. The Hall–Kier alpha value is -1.66. The van der Waals surface area contributed by atoms with E-state index in [-0.39, 0.29) is 12.6 Å². The van der Waals surface area contributed by atoms with Gasteiger partial charge in [0.2, 0.25) is 5.88 Å². The topological polar surface area (TPSA) is 64.5 Å². The molecule has 0 atom stereocenters. The first-order chi connectivity index (χ1) is 8.74. The fourth-order valence-electron chi connectivity index (χ4n) is 1.36. The van der Waals surface area contributed by atoms with E-state index in [0.29, 0.717) is 21.7 Å². The van der Waals surface area contributed by atoms with Crippen LogP contribution in [0.25, 0.3) is 0 Å². The first-order valence-electron chi connectivity index (χ1n) is 5.17. The van der Waals surface area contributed by atoms with Crippen LogP contribution >= 0.6 is 15.9 Å². The number of nitrogens with zero attached hydrogens (tertiary/aromatic N) is 2. The van der Waals surface area contributed by atoms with Gasteiger partial charge in [0.05, 0.1) is 24.4 Å². The van der Waals surface area contributed by atoms with E-state index in [2.05, 4.69) is 25.9 Å². The van der Waals surface area contributed by atoms with Crippen molar-refractivity contribution in [3.63, 3.8) is 0 Å². The maximum atomic E-state index is 9.19. The molecule has 18 heavy (non-hydrogen) atoms. The van der Waals surface area contributed by atoms with E-state index >= 15 is 0 Å². The largest absolute Gasteiger partial charge is 0.480 e. The summed E-state index contributed by atoms with van der Waals surface area (Å²) >= 11 is 3.26. The molecule has 0 bridgehead atoms. The second kappa shape index (κ2) is 5.79. The van der Waals surface area contributed by atoms with Gasteiger partial charge in [0.15, 0.2) is 0 Å². The molecule has 2 rings (SSSR count). The predicted octanol–water partition coefficient (Wildman–Crippen LogP) is 2.53. The molecular formula is C12H11BrN2O3. The third-order valence-corrected chi connectivity index (χ3v) is 2.77. The Kier molecular flexibility index (Phi) is 4.11. The first-order valence-corrected chi connectivity index (χ1v) is 5.97. The van der Waals surface area contributed by atoms with E-state index in [1.54, 1.807) is 18.3 Å². The van der Waals surface area contributed by atoms with Crippen molar-refractivity contribution < 1.29 is 14.6 Å². The third-order valence-electron chi connectivity index (χ3n) is 2.23. The number of hydrogen-bond donors (Lipinski definition) is 1. The van der Waals surface area contributed by atoms with Gasteiger partial charge in [-0.2, -0.15) is 4.98 Å². The minimum atomic E-state index is -0.107. The molecule has 5 nitrogen and oxygen atoms in total. The Balaban J connectivity index is 2.28. The van der Waals surface area contributed by atoms with Crippen LogP contribution in [0.4, 0.5) is 0 Å². The zero-order valence-corrected chi connectivity index (χ0v) is 11.2. The molecule has 0 unspecified atom stereocenters. The molecule has 1 heterocycles. The molecule has 0 aliphatic carbocycles. The quantitative estimate of drug-likeness (QED) is 0.940. The fraction of sp³-hybridized carbons (Fsp3) is 0.167. The number of ether oxygens (including phenoxy) is 2. The molecule has 0 amide bonds. The summed E-state index contributed by atoms with van der Waals surface area (Å²) in [5.74, 6) is 0.908. The van der Waals surface area contributed by atoms with Crippen molar-refractivity contribution in [3.05, 3.63) is 40.5 Å². The van der Waals surface area contributed by atoms with Crippen LogP contribution < -0.4 is 9.47 Å². The number of rotatable bonds is 4. The summed E-state index contributed by atoms with van der Waals surface area (Å²) in [5.41, 5.74) is 0.669. The lowest BCUT2D eigenvalue weighted by Gasteiger charge is -2.08. The Morgan fingerprint density at radius 2 is 2.11 bits per heavy atom. The summed E-state index contributed by atoms with van der Waals surface area (Å²) in [6.07, 6.45) is 1.54. The number of para-hydroxylation sites is 1. The second-order valence-electron chi connectivity index (χ2n) is 3.38. The highest BCUT2D eigenvalue weighted by molar-refractivity contribution is 9.10. The van der Waals surface area contributed by atoms with Crippen LogP contribution in [0.3, 0.4) is 0 Å². The molecule has 1 aromatic carbocycles. The van der Waals surface area contributed by atoms with Gasteiger partial charge in [-0.05, 0) is 22.0 Å². The van der Waals surface area contributed by atoms with Gasteiger partial charge in [0.1, 0.15) is 5.75 Å². The Labute approximate surface area is 113 Å². The smallest absolute Gasteiger partial charge is 0.325 e. The summed E-state index contributed by atoms with van der Waals surface area (Å²) in [6, 6.07) is 7.30. The van der Waals surface area contributed by atoms with E-state index in [1.165, 1.54) is 7.11 Å². The highest BCUT2D eigenvalue weighted by Gasteiger charge is 2.09. The maximum Gasteiger partial charge on any atom is 0.325 e. The average Bonchev–Trinajstić information content (AvgIpc) is 2.41. The third kappa shape index (κ3) is 2.77. The zero-order chi connectivity index (χ0) is 13.0. The van der Waals surface area contributed by atoms with Crippen LogP contribution in [0.1, 0.15) is 5.56 Å². The van der Waals surface area contributed by atoms with E-state index < -0.39 is 0 Å². The molecule has 0 spiro atoms. The number of aliphatic hydroxyl groups is 1. The monoisotopic (exact) mass is 310 g/mol. The fourth-order valence-corrected chi connectivity index (χ4v) is 1.71. The Bertz CT molecular complexity index is 549. The maximum absolute atomic E-state index is 9.19. The lowest BCUT2D eigenvalue weighted by molar-refractivity contribution is 0.275. The van der Waals surface area contributed by atoms with Gasteiger partial charge >= 0.3 is 6.01 Å². The minimum absolute atomic E-state index is 0.107. The molecule has 2 aromatic rings. The van der Waals surface area contributed by atoms with E-state index in [0.717, 1.165) is 0 Å². The van der Waals surface area contributed by atoms with Gasteiger partial charge < -0.3 is 14.6 Å². The highest BCUT2D eigenvalue weighted by atomic mass is 79.9. The summed E-state index contributed by atoms with van der Waals surface area (Å²) in [7, 11) is 1.51. The minimum Gasteiger partial charge on any atom is -0.480 e. The number of aromatic nitrogens is 2. The average molecular weight is 311 g/mol. The summed E-state index contributed by atoms with van der Waals surface area (Å²) in [5, 5.41) is 9.19. The van der Waals surface area contributed by atoms with Crippen molar-refractivity contribution in [1.29, 1.82) is 0 Å². The van der Waals surface area contributed by atoms with Crippen molar-refractivity contribution in [2.45, 2.75) is 6.61 Å². The van der Waals surface area contributed by atoms with Crippen LogP contribution in [-0.2, 0) is 6.61 Å². The number of halogens is 1. The summed E-state index contributed by atoms with van der Waals surface area (Å²) in [6.45, 7) is -0.107. The van der Waals surface area contributed by atoms with Gasteiger partial charge in [-0.25, -0.2) is 4.98 Å². The summed E-state index contributed by atoms with van der Waals surface area (Å²) < 4.78 is 11.2. The molecule has 0 aliphatic heterocycles. The molecule has 0 radical (unpaired) electrons. The number of aliphatic hydroxyl groups excluding tert-OH is 1. The van der Waals surface area contributed by atoms with Crippen molar-refractivity contribution in [1.82, 2.24) is 9.97 Å². The van der Waals surface area contributed by atoms with Gasteiger partial charge in [-0.1, -0.05) is 18.2 Å². The highest BCUT2D eigenvalue weighted by Crippen LogP contribution is 2.27. The van der Waals surface area contributed by atoms with Gasteiger partial charge in [-0.3, -0.25) is 0 Å². The van der Waals surface area contributed by atoms with Crippen LogP contribution in [0, 0.1) is 0 Å². The van der Waals surface area contributed by atoms with Crippen molar-refractivity contribution in [2.24, 2.45) is 0 Å². The molecular weight excluding hydrogens is 300 g/mol. The molecule has 1 N–H and O–H groups in total. The lowest BCUT2D eigenvalue weighted by atomic mass is 10.2. The van der Waals surface area contributed by atoms with Gasteiger partial charge in [0.25, 0.3) is 0 Å². The normalized spacial score (nSPS) is 10.2. The van der Waals surface area contributed by atoms with Crippen LogP contribution in [0.2, 0.25) is 0 Å².